The second-order valence-electron chi connectivity index (χ2n) is 5.53. The Bertz CT molecular complexity index is 900. The van der Waals surface area contributed by atoms with Crippen LogP contribution in [0, 0.1) is 6.92 Å². The Kier molecular flexibility index (Phi) is 4.31. The number of hydrogen-bond donors (Lipinski definition) is 1. The molecule has 25 heavy (non-hydrogen) atoms. The third kappa shape index (κ3) is 3.84. The maximum Gasteiger partial charge on any atom is 0.433 e. The zero-order valence-corrected chi connectivity index (χ0v) is 13.9. The lowest BCUT2D eigenvalue weighted by Crippen LogP contribution is -2.37. The molecule has 0 bridgehead atoms. The molecule has 1 aliphatic heterocycles. The molecule has 1 aromatic heterocycles. The fourth-order valence-corrected chi connectivity index (χ4v) is 4.04. The summed E-state index contributed by atoms with van der Waals surface area (Å²) in [4.78, 5) is 7.35. The van der Waals surface area contributed by atoms with Crippen LogP contribution in [0.25, 0.3) is 0 Å². The van der Waals surface area contributed by atoms with Gasteiger partial charge in [-0.1, -0.05) is 12.1 Å². The van der Waals surface area contributed by atoms with Gasteiger partial charge in [-0.05, 0) is 19.1 Å². The minimum atomic E-state index is -4.59. The lowest BCUT2D eigenvalue weighted by Gasteiger charge is -2.26. The van der Waals surface area contributed by atoms with Crippen molar-refractivity contribution in [3.63, 3.8) is 0 Å². The Labute approximate surface area is 142 Å². The van der Waals surface area contributed by atoms with Crippen LogP contribution in [0.5, 0.6) is 5.75 Å². The van der Waals surface area contributed by atoms with Gasteiger partial charge in [-0.25, -0.2) is 18.4 Å². The van der Waals surface area contributed by atoms with Crippen molar-refractivity contribution in [1.82, 2.24) is 9.97 Å². The molecule has 1 atom stereocenters. The van der Waals surface area contributed by atoms with E-state index in [4.69, 9.17) is 4.74 Å². The van der Waals surface area contributed by atoms with Gasteiger partial charge in [0.25, 0.3) is 0 Å². The minimum absolute atomic E-state index is 0.0126. The molecule has 1 aliphatic rings. The summed E-state index contributed by atoms with van der Waals surface area (Å²) in [6, 6.07) is 7.01. The Hall–Kier alpha value is -2.36. The first-order valence-corrected chi connectivity index (χ1v) is 8.95. The smallest absolute Gasteiger partial charge is 0.433 e. The van der Waals surface area contributed by atoms with E-state index in [9.17, 15) is 21.6 Å². The number of aryl methyl sites for hydroxylation is 1. The number of halogens is 3. The average Bonchev–Trinajstić information content (AvgIpc) is 2.51. The number of sulfone groups is 1. The molecule has 1 N–H and O–H groups in total. The van der Waals surface area contributed by atoms with E-state index in [0.29, 0.717) is 0 Å². The first-order chi connectivity index (χ1) is 11.6. The highest BCUT2D eigenvalue weighted by Gasteiger charge is 2.34. The minimum Gasteiger partial charge on any atom is -0.486 e. The van der Waals surface area contributed by atoms with E-state index >= 15 is 0 Å². The second-order valence-corrected chi connectivity index (χ2v) is 7.53. The molecule has 2 heterocycles. The molecular weight excluding hydrogens is 359 g/mol. The molecule has 0 spiro atoms. The van der Waals surface area contributed by atoms with Gasteiger partial charge in [0.15, 0.2) is 9.84 Å². The molecule has 0 fully saturated rings. The van der Waals surface area contributed by atoms with E-state index < -0.39 is 27.8 Å². The molecule has 10 heteroatoms. The van der Waals surface area contributed by atoms with Crippen LogP contribution in [0.4, 0.5) is 19.0 Å². The summed E-state index contributed by atoms with van der Waals surface area (Å²) in [6.07, 6.45) is -5.34. The van der Waals surface area contributed by atoms with Gasteiger partial charge in [0.05, 0.1) is 12.3 Å². The Morgan fingerprint density at radius 1 is 1.28 bits per heavy atom. The molecule has 0 saturated carbocycles. The third-order valence-electron chi connectivity index (χ3n) is 3.52. The summed E-state index contributed by atoms with van der Waals surface area (Å²) in [6.45, 7) is 1.33. The zero-order chi connectivity index (χ0) is 18.2. The highest BCUT2D eigenvalue weighted by atomic mass is 32.2. The van der Waals surface area contributed by atoms with Gasteiger partial charge in [0, 0.05) is 6.07 Å². The van der Waals surface area contributed by atoms with Gasteiger partial charge in [-0.2, -0.15) is 13.2 Å². The highest BCUT2D eigenvalue weighted by Crippen LogP contribution is 2.31. The first kappa shape index (κ1) is 17.5. The topological polar surface area (TPSA) is 81.2 Å². The van der Waals surface area contributed by atoms with Gasteiger partial charge < -0.3 is 10.1 Å². The van der Waals surface area contributed by atoms with Crippen molar-refractivity contribution in [1.29, 1.82) is 0 Å². The molecule has 0 amide bonds. The molecule has 0 saturated heterocycles. The predicted molar refractivity (Wildman–Crippen MR) is 83.2 cm³/mol. The van der Waals surface area contributed by atoms with Crippen LogP contribution in [0.1, 0.15) is 11.5 Å². The van der Waals surface area contributed by atoms with Gasteiger partial charge >= 0.3 is 6.18 Å². The maximum absolute atomic E-state index is 12.8. The summed E-state index contributed by atoms with van der Waals surface area (Å²) in [7, 11) is -3.51. The lowest BCUT2D eigenvalue weighted by atomic mass is 10.3. The van der Waals surface area contributed by atoms with Gasteiger partial charge in [-0.3, -0.25) is 0 Å². The van der Waals surface area contributed by atoms with Gasteiger partial charge in [0.1, 0.15) is 34.1 Å². The van der Waals surface area contributed by atoms with Crippen LogP contribution < -0.4 is 10.1 Å². The molecule has 0 radical (unpaired) electrons. The number of aromatic nitrogens is 2. The van der Waals surface area contributed by atoms with Crippen molar-refractivity contribution in [3.8, 4) is 5.75 Å². The largest absolute Gasteiger partial charge is 0.486 e. The highest BCUT2D eigenvalue weighted by molar-refractivity contribution is 7.91. The Morgan fingerprint density at radius 3 is 2.72 bits per heavy atom. The number of fused-ring (bicyclic) bond motifs is 1. The number of nitrogens with zero attached hydrogens (tertiary/aromatic N) is 2. The van der Waals surface area contributed by atoms with Crippen molar-refractivity contribution in [2.24, 2.45) is 0 Å². The number of nitrogens with one attached hydrogen (secondary N) is 1. The molecule has 1 unspecified atom stereocenters. The molecule has 2 aromatic rings. The second kappa shape index (κ2) is 6.17. The van der Waals surface area contributed by atoms with Gasteiger partial charge in [-0.15, -0.1) is 0 Å². The fourth-order valence-electron chi connectivity index (χ4n) is 2.48. The van der Waals surface area contributed by atoms with Crippen molar-refractivity contribution < 1.29 is 26.3 Å². The van der Waals surface area contributed by atoms with E-state index in [0.717, 1.165) is 6.07 Å². The van der Waals surface area contributed by atoms with Gasteiger partial charge in [0.2, 0.25) is 0 Å². The normalized spacial score (nSPS) is 19.0. The lowest BCUT2D eigenvalue weighted by molar-refractivity contribution is -0.141. The summed E-state index contributed by atoms with van der Waals surface area (Å²) in [5.41, 5.74) is -1.06. The summed E-state index contributed by atoms with van der Waals surface area (Å²) >= 11 is 0. The number of benzene rings is 1. The fraction of sp³-hybridized carbons (Fsp3) is 0.333. The third-order valence-corrected chi connectivity index (χ3v) is 5.34. The van der Waals surface area contributed by atoms with Crippen LogP contribution in [0.15, 0.2) is 35.2 Å². The number of hydrogen-bond acceptors (Lipinski definition) is 6. The molecule has 6 nitrogen and oxygen atoms in total. The number of alkyl halides is 3. The molecule has 0 aliphatic carbocycles. The summed E-state index contributed by atoms with van der Waals surface area (Å²) in [5.74, 6) is -0.123. The first-order valence-electron chi connectivity index (χ1n) is 7.30. The number of para-hydroxylation sites is 1. The van der Waals surface area contributed by atoms with Crippen molar-refractivity contribution in [2.45, 2.75) is 24.1 Å². The van der Waals surface area contributed by atoms with E-state index in [1.54, 1.807) is 12.1 Å². The van der Waals surface area contributed by atoms with Crippen molar-refractivity contribution in [2.75, 3.05) is 17.6 Å². The van der Waals surface area contributed by atoms with E-state index in [-0.39, 0.29) is 34.6 Å². The molecule has 134 valence electrons. The molecular formula is C15H14F3N3O3S. The summed E-state index contributed by atoms with van der Waals surface area (Å²) in [5, 5.41) is 2.70. The predicted octanol–water partition coefficient (Wildman–Crippen LogP) is 2.45. The van der Waals surface area contributed by atoms with E-state index in [1.165, 1.54) is 19.1 Å². The van der Waals surface area contributed by atoms with Crippen LogP contribution in [-0.2, 0) is 16.0 Å². The number of ether oxygens (including phenoxy) is 1. The standard InChI is InChI=1S/C15H14F3N3O3S/c1-9-20-13(15(16,17)18)6-14(21-9)19-7-10-8-25(22,23)12-5-3-2-4-11(12)24-10/h2-6,10H,7-8H2,1H3,(H,19,20,21). The average molecular weight is 373 g/mol. The van der Waals surface area contributed by atoms with Crippen LogP contribution >= 0.6 is 0 Å². The quantitative estimate of drug-likeness (QED) is 0.890. The van der Waals surface area contributed by atoms with Crippen LogP contribution in [0.2, 0.25) is 0 Å². The van der Waals surface area contributed by atoms with Crippen LogP contribution in [-0.4, -0.2) is 36.8 Å². The zero-order valence-electron chi connectivity index (χ0n) is 13.0. The molecule has 1 aromatic carbocycles. The Morgan fingerprint density at radius 2 is 2.00 bits per heavy atom. The molecule has 3 rings (SSSR count). The van der Waals surface area contributed by atoms with Crippen molar-refractivity contribution >= 4 is 15.7 Å². The number of rotatable bonds is 3. The maximum atomic E-state index is 12.8. The summed E-state index contributed by atoms with van der Waals surface area (Å²) < 4.78 is 68.5. The van der Waals surface area contributed by atoms with E-state index in [1.807, 2.05) is 0 Å². The monoisotopic (exact) mass is 373 g/mol. The van der Waals surface area contributed by atoms with Crippen LogP contribution in [0.3, 0.4) is 0 Å². The number of anilines is 1. The van der Waals surface area contributed by atoms with Crippen molar-refractivity contribution in [3.05, 3.63) is 41.9 Å². The Balaban J connectivity index is 1.76. The van der Waals surface area contributed by atoms with E-state index in [2.05, 4.69) is 15.3 Å². The SMILES string of the molecule is Cc1nc(NCC2CS(=O)(=O)c3ccccc3O2)cc(C(F)(F)F)n1.